The van der Waals surface area contributed by atoms with Crippen molar-refractivity contribution in [2.75, 3.05) is 19.7 Å². The molecule has 3 aliphatic rings. The minimum absolute atomic E-state index is 0.129. The van der Waals surface area contributed by atoms with Crippen LogP contribution in [0.15, 0.2) is 18.2 Å². The number of rotatable bonds is 5. The first-order valence-electron chi connectivity index (χ1n) is 9.63. The number of piperidine rings is 1. The summed E-state index contributed by atoms with van der Waals surface area (Å²) in [6.45, 7) is 4.01. The molecule has 144 valence electrons. The molecule has 0 spiro atoms. The van der Waals surface area contributed by atoms with Crippen molar-refractivity contribution in [3.05, 3.63) is 29.3 Å². The molecule has 0 amide bonds. The molecule has 1 aliphatic carbocycles. The highest BCUT2D eigenvalue weighted by atomic mass is 32.2. The van der Waals surface area contributed by atoms with E-state index in [2.05, 4.69) is 17.7 Å². The van der Waals surface area contributed by atoms with E-state index in [9.17, 15) is 13.5 Å². The van der Waals surface area contributed by atoms with E-state index in [0.717, 1.165) is 36.1 Å². The quantitative estimate of drug-likeness (QED) is 0.819. The summed E-state index contributed by atoms with van der Waals surface area (Å²) in [7, 11) is -3.54. The van der Waals surface area contributed by atoms with E-state index < -0.39 is 10.2 Å². The highest BCUT2D eigenvalue weighted by molar-refractivity contribution is 7.87. The minimum Gasteiger partial charge on any atom is -0.493 e. The van der Waals surface area contributed by atoms with Crippen molar-refractivity contribution in [2.24, 2.45) is 11.8 Å². The van der Waals surface area contributed by atoms with Crippen molar-refractivity contribution in [3.63, 3.8) is 0 Å². The van der Waals surface area contributed by atoms with Gasteiger partial charge in [0.05, 0.1) is 18.8 Å². The minimum atomic E-state index is -3.54. The van der Waals surface area contributed by atoms with Gasteiger partial charge in [0.15, 0.2) is 0 Å². The van der Waals surface area contributed by atoms with Gasteiger partial charge in [-0.15, -0.1) is 0 Å². The summed E-state index contributed by atoms with van der Waals surface area (Å²) in [6.07, 6.45) is 3.63. The number of nitrogens with one attached hydrogen (secondary N) is 1. The first-order chi connectivity index (χ1) is 12.4. The third kappa shape index (κ3) is 3.63. The topological polar surface area (TPSA) is 78.9 Å². The Labute approximate surface area is 155 Å². The molecule has 2 N–H and O–H groups in total. The average Bonchev–Trinajstić information content (AvgIpc) is 3.05. The van der Waals surface area contributed by atoms with Crippen molar-refractivity contribution in [3.8, 4) is 5.75 Å². The van der Waals surface area contributed by atoms with Crippen LogP contribution in [0.3, 0.4) is 0 Å². The van der Waals surface area contributed by atoms with Crippen LogP contribution in [0.2, 0.25) is 0 Å². The van der Waals surface area contributed by atoms with Crippen LogP contribution in [0.4, 0.5) is 0 Å². The molecule has 6 nitrogen and oxygen atoms in total. The van der Waals surface area contributed by atoms with Crippen LogP contribution in [0.25, 0.3) is 0 Å². The predicted molar refractivity (Wildman–Crippen MR) is 99.1 cm³/mol. The Hall–Kier alpha value is -1.15. The third-order valence-electron chi connectivity index (χ3n) is 6.05. The standard InChI is InChI=1S/C19H28N2O4S/c1-13-4-7-21(8-5-13)26(23,24)20-19(16-11-17(22)12-16)15-2-3-18-14(10-15)6-9-25-18/h2-3,10,13,16-17,19-20,22H,4-9,11-12H2,1H3/t16?,17?,19-/m1/s1. The molecule has 4 rings (SSSR count). The maximum Gasteiger partial charge on any atom is 0.280 e. The zero-order valence-corrected chi connectivity index (χ0v) is 16.0. The smallest absolute Gasteiger partial charge is 0.280 e. The van der Waals surface area contributed by atoms with Gasteiger partial charge in [0.2, 0.25) is 0 Å². The monoisotopic (exact) mass is 380 g/mol. The number of ether oxygens (including phenoxy) is 1. The van der Waals surface area contributed by atoms with Gasteiger partial charge >= 0.3 is 0 Å². The molecule has 0 aromatic heterocycles. The molecule has 1 atom stereocenters. The number of hydrogen-bond acceptors (Lipinski definition) is 4. The lowest BCUT2D eigenvalue weighted by Crippen LogP contribution is -2.49. The maximum atomic E-state index is 13.0. The fourth-order valence-electron chi connectivity index (χ4n) is 4.20. The summed E-state index contributed by atoms with van der Waals surface area (Å²) in [5, 5.41) is 9.74. The van der Waals surface area contributed by atoms with Gasteiger partial charge < -0.3 is 9.84 Å². The lowest BCUT2D eigenvalue weighted by atomic mass is 9.75. The van der Waals surface area contributed by atoms with Gasteiger partial charge in [-0.25, -0.2) is 0 Å². The van der Waals surface area contributed by atoms with Gasteiger partial charge in [-0.05, 0) is 54.7 Å². The Balaban J connectivity index is 1.56. The summed E-state index contributed by atoms with van der Waals surface area (Å²) < 4.78 is 36.0. The molecule has 0 radical (unpaired) electrons. The van der Waals surface area contributed by atoms with Gasteiger partial charge in [-0.1, -0.05) is 19.1 Å². The highest BCUT2D eigenvalue weighted by Gasteiger charge is 2.39. The normalized spacial score (nSPS) is 28.2. The zero-order chi connectivity index (χ0) is 18.3. The van der Waals surface area contributed by atoms with Crippen molar-refractivity contribution < 1.29 is 18.3 Å². The molecular formula is C19H28N2O4S. The van der Waals surface area contributed by atoms with Crippen molar-refractivity contribution in [1.29, 1.82) is 0 Å². The number of fused-ring (bicyclic) bond motifs is 1. The van der Waals surface area contributed by atoms with Crippen LogP contribution in [0.5, 0.6) is 5.75 Å². The van der Waals surface area contributed by atoms with Crippen LogP contribution >= 0.6 is 0 Å². The summed E-state index contributed by atoms with van der Waals surface area (Å²) in [6, 6.07) is 5.67. The number of hydrogen-bond donors (Lipinski definition) is 2. The van der Waals surface area contributed by atoms with E-state index in [0.29, 0.717) is 38.5 Å². The van der Waals surface area contributed by atoms with E-state index >= 15 is 0 Å². The number of nitrogens with zero attached hydrogens (tertiary/aromatic N) is 1. The van der Waals surface area contributed by atoms with E-state index in [4.69, 9.17) is 4.74 Å². The second-order valence-corrected chi connectivity index (χ2v) is 9.74. The van der Waals surface area contributed by atoms with E-state index in [1.54, 1.807) is 4.31 Å². The van der Waals surface area contributed by atoms with E-state index in [1.165, 1.54) is 0 Å². The van der Waals surface area contributed by atoms with Gasteiger partial charge in [-0.3, -0.25) is 0 Å². The Kier molecular flexibility index (Phi) is 4.98. The molecule has 1 saturated carbocycles. The molecule has 2 aliphatic heterocycles. The number of aliphatic hydroxyl groups is 1. The molecule has 0 bridgehead atoms. The van der Waals surface area contributed by atoms with Crippen molar-refractivity contribution >= 4 is 10.2 Å². The molecule has 26 heavy (non-hydrogen) atoms. The fraction of sp³-hybridized carbons (Fsp3) is 0.684. The highest BCUT2D eigenvalue weighted by Crippen LogP contribution is 2.40. The number of aliphatic hydroxyl groups excluding tert-OH is 1. The molecule has 0 unspecified atom stereocenters. The van der Waals surface area contributed by atoms with Gasteiger partial charge in [0.25, 0.3) is 10.2 Å². The molecular weight excluding hydrogens is 352 g/mol. The summed E-state index contributed by atoms with van der Waals surface area (Å²) in [5.74, 6) is 1.61. The predicted octanol–water partition coefficient (Wildman–Crippen LogP) is 2.00. The molecule has 1 aromatic rings. The molecule has 2 heterocycles. The Morgan fingerprint density at radius 1 is 1.27 bits per heavy atom. The van der Waals surface area contributed by atoms with Gasteiger partial charge in [-0.2, -0.15) is 17.4 Å². The first-order valence-corrected chi connectivity index (χ1v) is 11.1. The largest absolute Gasteiger partial charge is 0.493 e. The van der Waals surface area contributed by atoms with Crippen LogP contribution in [-0.2, 0) is 16.6 Å². The van der Waals surface area contributed by atoms with Gasteiger partial charge in [0, 0.05) is 19.5 Å². The third-order valence-corrected chi connectivity index (χ3v) is 7.65. The Morgan fingerprint density at radius 3 is 2.69 bits per heavy atom. The fourth-order valence-corrected chi connectivity index (χ4v) is 5.69. The van der Waals surface area contributed by atoms with Crippen molar-refractivity contribution in [1.82, 2.24) is 9.03 Å². The second kappa shape index (κ2) is 7.11. The molecule has 1 saturated heterocycles. The van der Waals surface area contributed by atoms with Crippen LogP contribution in [-0.4, -0.2) is 43.6 Å². The number of benzene rings is 1. The van der Waals surface area contributed by atoms with Crippen LogP contribution in [0.1, 0.15) is 49.8 Å². The molecule has 7 heteroatoms. The van der Waals surface area contributed by atoms with Gasteiger partial charge in [0.1, 0.15) is 5.75 Å². The average molecular weight is 381 g/mol. The maximum absolute atomic E-state index is 13.0. The lowest BCUT2D eigenvalue weighted by Gasteiger charge is -2.39. The first kappa shape index (κ1) is 18.2. The van der Waals surface area contributed by atoms with Crippen LogP contribution in [0, 0.1) is 11.8 Å². The van der Waals surface area contributed by atoms with Crippen molar-refractivity contribution in [2.45, 2.75) is 51.2 Å². The van der Waals surface area contributed by atoms with E-state index in [-0.39, 0.29) is 18.1 Å². The summed E-state index contributed by atoms with van der Waals surface area (Å²) in [4.78, 5) is 0. The summed E-state index contributed by atoms with van der Waals surface area (Å²) >= 11 is 0. The SMILES string of the molecule is CC1CCN(S(=O)(=O)N[C@H](c2ccc3c(c2)CCO3)C2CC(O)C2)CC1. The molecule has 1 aromatic carbocycles. The second-order valence-electron chi connectivity index (χ2n) is 8.03. The van der Waals surface area contributed by atoms with E-state index in [1.807, 2.05) is 12.1 Å². The summed E-state index contributed by atoms with van der Waals surface area (Å²) in [5.41, 5.74) is 2.11. The molecule has 2 fully saturated rings. The Morgan fingerprint density at radius 2 is 2.00 bits per heavy atom. The zero-order valence-electron chi connectivity index (χ0n) is 15.2. The lowest BCUT2D eigenvalue weighted by molar-refractivity contribution is 0.0276. The van der Waals surface area contributed by atoms with Crippen LogP contribution < -0.4 is 9.46 Å². The Bertz CT molecular complexity index is 753.